The fraction of sp³-hybridized carbons (Fsp3) is 0.133. The summed E-state index contributed by atoms with van der Waals surface area (Å²) >= 11 is 0. The van der Waals surface area contributed by atoms with Crippen LogP contribution in [0.5, 0.6) is 11.5 Å². The van der Waals surface area contributed by atoms with Crippen molar-refractivity contribution in [2.24, 2.45) is 0 Å². The Bertz CT molecular complexity index is 1550. The summed E-state index contributed by atoms with van der Waals surface area (Å²) in [4.78, 5) is 0.255. The molecule has 0 aliphatic carbocycles. The molecule has 0 aliphatic rings. The molecule has 0 spiro atoms. The molecule has 0 saturated carbocycles. The van der Waals surface area contributed by atoms with E-state index in [0.717, 1.165) is 39.1 Å². The standard InChI is InChI=1S/C30H27NO4S/c1-21-8-18-26(19-9-21)36(32,33)31-20-28(27-6-4-5-7-29(27)31)30(22-10-14-24(34-2)15-11-22)23-12-16-25(35-3)17-13-23/h4-20,30H,1-3H3. The second-order valence-corrected chi connectivity index (χ2v) is 10.5. The lowest BCUT2D eigenvalue weighted by Gasteiger charge is -2.19. The first-order chi connectivity index (χ1) is 17.4. The first kappa shape index (κ1) is 23.7. The Balaban J connectivity index is 1.74. The molecular weight excluding hydrogens is 470 g/mol. The number of ether oxygens (including phenoxy) is 2. The van der Waals surface area contributed by atoms with Gasteiger partial charge in [-0.25, -0.2) is 12.4 Å². The van der Waals surface area contributed by atoms with Gasteiger partial charge in [-0.05, 0) is 66.1 Å². The predicted octanol–water partition coefficient (Wildman–Crippen LogP) is 6.38. The van der Waals surface area contributed by atoms with Gasteiger partial charge < -0.3 is 9.47 Å². The normalized spacial score (nSPS) is 11.7. The van der Waals surface area contributed by atoms with E-state index < -0.39 is 10.0 Å². The van der Waals surface area contributed by atoms with Crippen molar-refractivity contribution in [1.29, 1.82) is 0 Å². The molecule has 36 heavy (non-hydrogen) atoms. The van der Waals surface area contributed by atoms with Crippen molar-refractivity contribution in [3.05, 3.63) is 126 Å². The second kappa shape index (κ2) is 9.55. The maximum atomic E-state index is 13.8. The topological polar surface area (TPSA) is 57.5 Å². The smallest absolute Gasteiger partial charge is 0.268 e. The van der Waals surface area contributed by atoms with Crippen molar-refractivity contribution >= 4 is 20.9 Å². The van der Waals surface area contributed by atoms with Crippen LogP contribution in [0.2, 0.25) is 0 Å². The Morgan fingerprint density at radius 2 is 1.22 bits per heavy atom. The van der Waals surface area contributed by atoms with Crippen LogP contribution in [0.1, 0.15) is 28.2 Å². The Kier molecular flexibility index (Phi) is 6.29. The second-order valence-electron chi connectivity index (χ2n) is 8.69. The van der Waals surface area contributed by atoms with Crippen LogP contribution in [0, 0.1) is 6.92 Å². The zero-order valence-corrected chi connectivity index (χ0v) is 21.2. The van der Waals surface area contributed by atoms with Crippen molar-refractivity contribution in [2.75, 3.05) is 14.2 Å². The minimum absolute atomic E-state index is 0.207. The summed E-state index contributed by atoms with van der Waals surface area (Å²) in [6.07, 6.45) is 1.76. The maximum Gasteiger partial charge on any atom is 0.268 e. The van der Waals surface area contributed by atoms with Crippen molar-refractivity contribution in [1.82, 2.24) is 3.97 Å². The summed E-state index contributed by atoms with van der Waals surface area (Å²) < 4.78 is 39.7. The summed E-state index contributed by atoms with van der Waals surface area (Å²) in [5, 5.41) is 0.879. The number of aromatic nitrogens is 1. The van der Waals surface area contributed by atoms with Crippen molar-refractivity contribution in [2.45, 2.75) is 17.7 Å². The lowest BCUT2D eigenvalue weighted by molar-refractivity contribution is 0.414. The number of rotatable bonds is 7. The maximum absolute atomic E-state index is 13.8. The molecule has 0 fully saturated rings. The molecule has 0 unspecified atom stereocenters. The van der Waals surface area contributed by atoms with E-state index in [1.54, 1.807) is 32.5 Å². The first-order valence-electron chi connectivity index (χ1n) is 11.6. The number of hydrogen-bond donors (Lipinski definition) is 0. The third kappa shape index (κ3) is 4.25. The zero-order valence-electron chi connectivity index (χ0n) is 20.4. The van der Waals surface area contributed by atoms with Gasteiger partial charge in [0.1, 0.15) is 11.5 Å². The average molecular weight is 498 g/mol. The van der Waals surface area contributed by atoms with Gasteiger partial charge in [0.05, 0.1) is 24.6 Å². The fourth-order valence-corrected chi connectivity index (χ4v) is 5.95. The third-order valence-corrected chi connectivity index (χ3v) is 8.18. The molecular formula is C30H27NO4S. The molecule has 0 radical (unpaired) electrons. The lowest BCUT2D eigenvalue weighted by Crippen LogP contribution is -2.12. The number of aryl methyl sites for hydroxylation is 1. The van der Waals surface area contributed by atoms with Gasteiger partial charge in [-0.1, -0.05) is 60.2 Å². The summed E-state index contributed by atoms with van der Waals surface area (Å²) in [6, 6.07) is 30.4. The van der Waals surface area contributed by atoms with Gasteiger partial charge >= 0.3 is 0 Å². The molecule has 182 valence electrons. The molecule has 4 aromatic carbocycles. The lowest BCUT2D eigenvalue weighted by atomic mass is 9.85. The number of methoxy groups -OCH3 is 2. The van der Waals surface area contributed by atoms with Crippen molar-refractivity contribution in [3.8, 4) is 11.5 Å². The van der Waals surface area contributed by atoms with E-state index >= 15 is 0 Å². The highest BCUT2D eigenvalue weighted by Gasteiger charge is 2.26. The van der Waals surface area contributed by atoms with Crippen LogP contribution in [-0.2, 0) is 10.0 Å². The Labute approximate surface area is 211 Å². The van der Waals surface area contributed by atoms with E-state index in [4.69, 9.17) is 9.47 Å². The number of nitrogens with zero attached hydrogens (tertiary/aromatic N) is 1. The van der Waals surface area contributed by atoms with Gasteiger partial charge in [0, 0.05) is 17.5 Å². The molecule has 0 aliphatic heterocycles. The highest BCUT2D eigenvalue weighted by molar-refractivity contribution is 7.90. The molecule has 0 atom stereocenters. The highest BCUT2D eigenvalue weighted by atomic mass is 32.2. The van der Waals surface area contributed by atoms with E-state index in [2.05, 4.69) is 0 Å². The average Bonchev–Trinajstić information content (AvgIpc) is 3.30. The van der Waals surface area contributed by atoms with Crippen molar-refractivity contribution < 1.29 is 17.9 Å². The Morgan fingerprint density at radius 3 is 1.75 bits per heavy atom. The van der Waals surface area contributed by atoms with Crippen LogP contribution < -0.4 is 9.47 Å². The Hall–Kier alpha value is -4.03. The summed E-state index contributed by atoms with van der Waals surface area (Å²) in [5.41, 5.74) is 4.59. The van der Waals surface area contributed by atoms with E-state index in [9.17, 15) is 8.42 Å². The predicted molar refractivity (Wildman–Crippen MR) is 143 cm³/mol. The van der Waals surface area contributed by atoms with E-state index in [1.165, 1.54) is 3.97 Å². The van der Waals surface area contributed by atoms with Crippen LogP contribution >= 0.6 is 0 Å². The molecule has 0 amide bonds. The fourth-order valence-electron chi connectivity index (χ4n) is 4.57. The minimum atomic E-state index is -3.80. The van der Waals surface area contributed by atoms with E-state index in [0.29, 0.717) is 5.52 Å². The molecule has 6 heteroatoms. The van der Waals surface area contributed by atoms with Gasteiger partial charge in [0.15, 0.2) is 0 Å². The molecule has 0 N–H and O–H groups in total. The SMILES string of the molecule is COc1ccc(C(c2ccc(OC)cc2)c2cn(S(=O)(=O)c3ccc(C)cc3)c3ccccc23)cc1. The molecule has 1 heterocycles. The van der Waals surface area contributed by atoms with E-state index in [-0.39, 0.29) is 10.8 Å². The van der Waals surface area contributed by atoms with Crippen LogP contribution in [0.4, 0.5) is 0 Å². The largest absolute Gasteiger partial charge is 0.497 e. The number of fused-ring (bicyclic) bond motifs is 1. The number of para-hydroxylation sites is 1. The minimum Gasteiger partial charge on any atom is -0.497 e. The molecule has 5 rings (SSSR count). The molecule has 0 saturated heterocycles. The molecule has 0 bridgehead atoms. The first-order valence-corrected chi connectivity index (χ1v) is 13.1. The summed E-state index contributed by atoms with van der Waals surface area (Å²) in [6.45, 7) is 1.94. The van der Waals surface area contributed by atoms with Gasteiger partial charge in [0.25, 0.3) is 10.0 Å². The molecule has 1 aromatic heterocycles. The zero-order chi connectivity index (χ0) is 25.3. The van der Waals surface area contributed by atoms with Crippen LogP contribution in [-0.4, -0.2) is 26.6 Å². The molecule has 5 nitrogen and oxygen atoms in total. The molecule has 5 aromatic rings. The summed E-state index contributed by atoms with van der Waals surface area (Å²) in [5.74, 6) is 1.31. The van der Waals surface area contributed by atoms with Crippen LogP contribution in [0.15, 0.2) is 108 Å². The van der Waals surface area contributed by atoms with Gasteiger partial charge in [-0.3, -0.25) is 0 Å². The summed E-state index contributed by atoms with van der Waals surface area (Å²) in [7, 11) is -0.527. The highest BCUT2D eigenvalue weighted by Crippen LogP contribution is 2.39. The van der Waals surface area contributed by atoms with Crippen molar-refractivity contribution in [3.63, 3.8) is 0 Å². The number of hydrogen-bond acceptors (Lipinski definition) is 4. The van der Waals surface area contributed by atoms with Gasteiger partial charge in [-0.2, -0.15) is 0 Å². The van der Waals surface area contributed by atoms with Crippen LogP contribution in [0.3, 0.4) is 0 Å². The monoisotopic (exact) mass is 497 g/mol. The number of benzene rings is 4. The van der Waals surface area contributed by atoms with Gasteiger partial charge in [-0.15, -0.1) is 0 Å². The van der Waals surface area contributed by atoms with Crippen LogP contribution in [0.25, 0.3) is 10.9 Å². The Morgan fingerprint density at radius 1 is 0.694 bits per heavy atom. The van der Waals surface area contributed by atoms with E-state index in [1.807, 2.05) is 91.9 Å². The third-order valence-electron chi connectivity index (χ3n) is 6.50. The van der Waals surface area contributed by atoms with Gasteiger partial charge in [0.2, 0.25) is 0 Å². The quantitative estimate of drug-likeness (QED) is 0.262.